The van der Waals surface area contributed by atoms with Gasteiger partial charge in [-0.1, -0.05) is 55.7 Å². The fraction of sp³-hybridized carbons (Fsp3) is 0.296. The molecule has 0 aliphatic carbocycles. The molecule has 3 aromatic carbocycles. The number of ether oxygens (including phenoxy) is 3. The molecule has 0 amide bonds. The van der Waals surface area contributed by atoms with Crippen LogP contribution >= 0.6 is 0 Å². The zero-order valence-electron chi connectivity index (χ0n) is 21.2. The van der Waals surface area contributed by atoms with Crippen molar-refractivity contribution < 1.29 is 32.0 Å². The van der Waals surface area contributed by atoms with Gasteiger partial charge in [0, 0.05) is 10.8 Å². The van der Waals surface area contributed by atoms with Crippen LogP contribution in [-0.4, -0.2) is 47.7 Å². The van der Waals surface area contributed by atoms with E-state index in [1.54, 1.807) is 54.7 Å². The van der Waals surface area contributed by atoms with Crippen LogP contribution < -0.4 is 9.47 Å². The second-order valence-corrected chi connectivity index (χ2v) is 10.00. The first-order valence-electron chi connectivity index (χ1n) is 12.2. The molecule has 0 bridgehead atoms. The number of fused-ring (bicyclic) bond motifs is 1. The number of carbonyl (C=O) groups excluding carboxylic acids is 1. The molecule has 0 aliphatic rings. The summed E-state index contributed by atoms with van der Waals surface area (Å²) in [7, 11) is -2.91. The van der Waals surface area contributed by atoms with Crippen LogP contribution in [0.3, 0.4) is 0 Å². The monoisotopic (exact) mass is 539 g/mol. The van der Waals surface area contributed by atoms with Crippen molar-refractivity contribution in [3.63, 3.8) is 0 Å². The highest BCUT2D eigenvalue weighted by molar-refractivity contribution is 7.86. The van der Waals surface area contributed by atoms with Crippen LogP contribution in [0.5, 0.6) is 11.5 Å². The third-order valence-corrected chi connectivity index (χ3v) is 6.84. The predicted molar refractivity (Wildman–Crippen MR) is 140 cm³/mol. The largest absolute Gasteiger partial charge is 0.493 e. The molecule has 0 unspecified atom stereocenters. The quantitative estimate of drug-likeness (QED) is 0.150. The lowest BCUT2D eigenvalue weighted by Gasteiger charge is -2.11. The van der Waals surface area contributed by atoms with Gasteiger partial charge in [0.2, 0.25) is 0 Å². The number of unbranched alkanes of at least 4 members (excludes halogenated alkanes) is 3. The van der Waals surface area contributed by atoms with Crippen LogP contribution in [0.4, 0.5) is 0 Å². The van der Waals surface area contributed by atoms with Gasteiger partial charge in [-0.25, -0.2) is 9.48 Å². The number of methoxy groups -OCH3 is 1. The molecule has 0 atom stereocenters. The standard InChI is InChI=1S/C27H29N3O7S/c1-3-4-5-6-15-36-27(31)19-13-14-24(25(16-19)35-2)37-18-20-17-30(29-28-20)23-11-7-10-22-21(23)9-8-12-26(22)38(32,33)34/h7-14,16-17H,3-6,15,18H2,1-2H3,(H,32,33,34). The molecule has 4 rings (SSSR count). The van der Waals surface area contributed by atoms with E-state index >= 15 is 0 Å². The highest BCUT2D eigenvalue weighted by atomic mass is 32.2. The predicted octanol–water partition coefficient (Wildman–Crippen LogP) is 4.99. The van der Waals surface area contributed by atoms with Gasteiger partial charge in [0.1, 0.15) is 17.2 Å². The van der Waals surface area contributed by atoms with E-state index in [1.807, 2.05) is 0 Å². The molecule has 10 nitrogen and oxygen atoms in total. The van der Waals surface area contributed by atoms with Gasteiger partial charge in [-0.2, -0.15) is 8.42 Å². The van der Waals surface area contributed by atoms with Crippen molar-refractivity contribution in [1.29, 1.82) is 0 Å². The average molecular weight is 540 g/mol. The number of aromatic nitrogens is 3. The summed E-state index contributed by atoms with van der Waals surface area (Å²) in [6.07, 6.45) is 5.74. The molecule has 11 heteroatoms. The highest BCUT2D eigenvalue weighted by Gasteiger charge is 2.17. The van der Waals surface area contributed by atoms with Crippen molar-refractivity contribution in [3.8, 4) is 17.2 Å². The number of rotatable bonds is 12. The van der Waals surface area contributed by atoms with Crippen LogP contribution in [0.2, 0.25) is 0 Å². The van der Waals surface area contributed by atoms with Crippen LogP contribution in [0, 0.1) is 0 Å². The molecule has 0 aliphatic heterocycles. The van der Waals surface area contributed by atoms with Gasteiger partial charge >= 0.3 is 5.97 Å². The van der Waals surface area contributed by atoms with Crippen molar-refractivity contribution in [2.24, 2.45) is 0 Å². The maximum atomic E-state index is 12.4. The second-order valence-electron chi connectivity index (χ2n) is 8.61. The maximum Gasteiger partial charge on any atom is 0.338 e. The molecular formula is C27H29N3O7S. The molecule has 1 heterocycles. The Morgan fingerprint density at radius 1 is 1.00 bits per heavy atom. The third kappa shape index (κ3) is 6.29. The Hall–Kier alpha value is -3.96. The fourth-order valence-electron chi connectivity index (χ4n) is 4.01. The van der Waals surface area contributed by atoms with E-state index in [4.69, 9.17) is 14.2 Å². The Morgan fingerprint density at radius 3 is 2.55 bits per heavy atom. The topological polar surface area (TPSA) is 130 Å². The van der Waals surface area contributed by atoms with Gasteiger partial charge in [-0.15, -0.1) is 5.10 Å². The Labute approximate surface area is 220 Å². The average Bonchev–Trinajstić information content (AvgIpc) is 3.39. The number of benzene rings is 3. The molecule has 1 aromatic heterocycles. The summed E-state index contributed by atoms with van der Waals surface area (Å²) in [5, 5.41) is 9.24. The molecular weight excluding hydrogens is 510 g/mol. The lowest BCUT2D eigenvalue weighted by molar-refractivity contribution is 0.0497. The summed E-state index contributed by atoms with van der Waals surface area (Å²) < 4.78 is 51.2. The number of hydrogen-bond acceptors (Lipinski definition) is 8. The molecule has 4 aromatic rings. The molecule has 0 fully saturated rings. The minimum absolute atomic E-state index is 0.0681. The van der Waals surface area contributed by atoms with Crippen LogP contribution in [0.1, 0.15) is 48.7 Å². The van der Waals surface area contributed by atoms with E-state index in [9.17, 15) is 17.8 Å². The van der Waals surface area contributed by atoms with Crippen molar-refractivity contribution >= 4 is 26.9 Å². The van der Waals surface area contributed by atoms with E-state index in [0.29, 0.717) is 45.8 Å². The minimum Gasteiger partial charge on any atom is -0.493 e. The first-order valence-corrected chi connectivity index (χ1v) is 13.6. The summed E-state index contributed by atoms with van der Waals surface area (Å²) in [6.45, 7) is 2.57. The van der Waals surface area contributed by atoms with Gasteiger partial charge in [0.05, 0.1) is 31.2 Å². The van der Waals surface area contributed by atoms with E-state index < -0.39 is 16.1 Å². The minimum atomic E-state index is -4.39. The fourth-order valence-corrected chi connectivity index (χ4v) is 4.72. The molecule has 0 spiro atoms. The van der Waals surface area contributed by atoms with Gasteiger partial charge in [0.25, 0.3) is 10.1 Å². The molecule has 1 N–H and O–H groups in total. The SMILES string of the molecule is CCCCCCOC(=O)c1ccc(OCc2cn(-c3cccc4c(S(=O)(=O)O)cccc34)nn2)c(OC)c1. The van der Waals surface area contributed by atoms with E-state index in [-0.39, 0.29) is 11.5 Å². The van der Waals surface area contributed by atoms with Crippen molar-refractivity contribution in [3.05, 3.63) is 72.1 Å². The van der Waals surface area contributed by atoms with Crippen LogP contribution in [0.15, 0.2) is 65.7 Å². The Balaban J connectivity index is 1.46. The summed E-state index contributed by atoms with van der Waals surface area (Å²) in [6, 6.07) is 14.5. The van der Waals surface area contributed by atoms with Crippen LogP contribution in [-0.2, 0) is 21.5 Å². The summed E-state index contributed by atoms with van der Waals surface area (Å²) in [4.78, 5) is 12.2. The first-order chi connectivity index (χ1) is 18.3. The van der Waals surface area contributed by atoms with E-state index in [1.165, 1.54) is 17.9 Å². The lowest BCUT2D eigenvalue weighted by atomic mass is 10.1. The maximum absolute atomic E-state index is 12.4. The smallest absolute Gasteiger partial charge is 0.338 e. The summed E-state index contributed by atoms with van der Waals surface area (Å²) in [5.41, 5.74) is 1.46. The normalized spacial score (nSPS) is 11.4. The van der Waals surface area contributed by atoms with Crippen LogP contribution in [0.25, 0.3) is 16.5 Å². The molecule has 0 saturated carbocycles. The Kier molecular flexibility index (Phi) is 8.59. The molecule has 38 heavy (non-hydrogen) atoms. The Bertz CT molecular complexity index is 1530. The summed E-state index contributed by atoms with van der Waals surface area (Å²) in [5.74, 6) is 0.385. The second kappa shape index (κ2) is 12.1. The number of hydrogen-bond donors (Lipinski definition) is 1. The zero-order chi connectivity index (χ0) is 27.1. The van der Waals surface area contributed by atoms with E-state index in [0.717, 1.165) is 25.7 Å². The van der Waals surface area contributed by atoms with Crippen molar-refractivity contribution in [2.45, 2.75) is 44.1 Å². The van der Waals surface area contributed by atoms with Crippen molar-refractivity contribution in [1.82, 2.24) is 15.0 Å². The molecule has 0 saturated heterocycles. The Morgan fingerprint density at radius 2 is 1.79 bits per heavy atom. The zero-order valence-corrected chi connectivity index (χ0v) is 22.0. The van der Waals surface area contributed by atoms with Gasteiger partial charge in [0.15, 0.2) is 11.5 Å². The number of carbonyl (C=O) groups is 1. The van der Waals surface area contributed by atoms with Crippen molar-refractivity contribution in [2.75, 3.05) is 13.7 Å². The molecule has 0 radical (unpaired) electrons. The highest BCUT2D eigenvalue weighted by Crippen LogP contribution is 2.30. The third-order valence-electron chi connectivity index (χ3n) is 5.93. The number of nitrogens with zero attached hydrogens (tertiary/aromatic N) is 3. The van der Waals surface area contributed by atoms with E-state index in [2.05, 4.69) is 17.2 Å². The molecule has 200 valence electrons. The van der Waals surface area contributed by atoms with Gasteiger partial charge in [-0.3, -0.25) is 4.55 Å². The summed E-state index contributed by atoms with van der Waals surface area (Å²) >= 11 is 0. The van der Waals surface area contributed by atoms with Gasteiger partial charge in [-0.05, 0) is 36.8 Å². The van der Waals surface area contributed by atoms with Gasteiger partial charge < -0.3 is 14.2 Å². The number of esters is 1. The first kappa shape index (κ1) is 27.1. The lowest BCUT2D eigenvalue weighted by Crippen LogP contribution is -2.07.